The molecule has 0 aliphatic carbocycles. The minimum Gasteiger partial charge on any atom is -0.506 e. The zero-order valence-electron chi connectivity index (χ0n) is 6.38. The van der Waals surface area contributed by atoms with Crippen LogP contribution in [0.3, 0.4) is 0 Å². The van der Waals surface area contributed by atoms with Crippen molar-refractivity contribution in [2.45, 2.75) is 13.0 Å². The fraction of sp³-hybridized carbons (Fsp3) is 0.250. The molecule has 0 saturated heterocycles. The van der Waals surface area contributed by atoms with E-state index in [0.717, 1.165) is 0 Å². The maximum absolute atomic E-state index is 13.1. The third kappa shape index (κ3) is 1.52. The Morgan fingerprint density at radius 2 is 2.08 bits per heavy atom. The average molecular weight is 191 g/mol. The Morgan fingerprint density at radius 3 is 2.58 bits per heavy atom. The van der Waals surface area contributed by atoms with Gasteiger partial charge in [-0.15, -0.1) is 0 Å². The molecule has 66 valence electrons. The highest BCUT2D eigenvalue weighted by Gasteiger charge is 2.13. The normalized spacial score (nSPS) is 13.0. The van der Waals surface area contributed by atoms with Crippen LogP contribution in [0.25, 0.3) is 0 Å². The Balaban J connectivity index is 3.27. The van der Waals surface area contributed by atoms with Crippen LogP contribution in [0.15, 0.2) is 12.1 Å². The molecule has 0 spiro atoms. The molecule has 0 fully saturated rings. The Kier molecular flexibility index (Phi) is 2.55. The Bertz CT molecular complexity index is 299. The summed E-state index contributed by atoms with van der Waals surface area (Å²) in [5, 5.41) is 17.6. The van der Waals surface area contributed by atoms with Gasteiger partial charge in [-0.1, -0.05) is 11.6 Å². The maximum Gasteiger partial charge on any atom is 0.151 e. The Morgan fingerprint density at radius 1 is 1.50 bits per heavy atom. The van der Waals surface area contributed by atoms with E-state index in [-0.39, 0.29) is 16.3 Å². The van der Waals surface area contributed by atoms with Crippen molar-refractivity contribution in [1.29, 1.82) is 0 Å². The number of aromatic hydroxyl groups is 1. The molecule has 0 heterocycles. The summed E-state index contributed by atoms with van der Waals surface area (Å²) in [5.41, 5.74) is 0.0813. The van der Waals surface area contributed by atoms with Gasteiger partial charge in [-0.25, -0.2) is 4.39 Å². The van der Waals surface area contributed by atoms with Crippen LogP contribution >= 0.6 is 11.6 Å². The lowest BCUT2D eigenvalue weighted by Gasteiger charge is -2.07. The molecule has 2 nitrogen and oxygen atoms in total. The van der Waals surface area contributed by atoms with Gasteiger partial charge in [0, 0.05) is 5.56 Å². The molecule has 1 rings (SSSR count). The first kappa shape index (κ1) is 9.29. The summed E-state index contributed by atoms with van der Waals surface area (Å²) >= 11 is 5.39. The SMILES string of the molecule is CC(O)c1ccc(O)c(Cl)c1F. The van der Waals surface area contributed by atoms with Crippen LogP contribution in [0.5, 0.6) is 5.75 Å². The molecule has 0 aromatic heterocycles. The predicted molar refractivity (Wildman–Crippen MR) is 43.7 cm³/mol. The maximum atomic E-state index is 13.1. The highest BCUT2D eigenvalue weighted by Crippen LogP contribution is 2.30. The highest BCUT2D eigenvalue weighted by atomic mass is 35.5. The number of rotatable bonds is 1. The van der Waals surface area contributed by atoms with E-state index in [2.05, 4.69) is 0 Å². The van der Waals surface area contributed by atoms with Crippen LogP contribution < -0.4 is 0 Å². The molecule has 0 amide bonds. The summed E-state index contributed by atoms with van der Waals surface area (Å²) in [6, 6.07) is 2.54. The van der Waals surface area contributed by atoms with Crippen LogP contribution in [0.2, 0.25) is 5.02 Å². The van der Waals surface area contributed by atoms with Crippen molar-refractivity contribution in [2.24, 2.45) is 0 Å². The van der Waals surface area contributed by atoms with Crippen molar-refractivity contribution in [1.82, 2.24) is 0 Å². The van der Waals surface area contributed by atoms with Gasteiger partial charge in [0.15, 0.2) is 5.82 Å². The molecular weight excluding hydrogens is 183 g/mol. The van der Waals surface area contributed by atoms with E-state index < -0.39 is 11.9 Å². The number of phenolic OH excluding ortho intramolecular Hbond substituents is 1. The number of aliphatic hydroxyl groups excluding tert-OH is 1. The molecule has 2 N–H and O–H groups in total. The van der Waals surface area contributed by atoms with Crippen LogP contribution in [-0.4, -0.2) is 10.2 Å². The first-order valence-corrected chi connectivity index (χ1v) is 3.76. The van der Waals surface area contributed by atoms with Crippen LogP contribution in [0.4, 0.5) is 4.39 Å². The van der Waals surface area contributed by atoms with Crippen molar-refractivity contribution < 1.29 is 14.6 Å². The first-order valence-electron chi connectivity index (χ1n) is 3.39. The lowest BCUT2D eigenvalue weighted by molar-refractivity contribution is 0.194. The van der Waals surface area contributed by atoms with Crippen molar-refractivity contribution in [3.05, 3.63) is 28.5 Å². The van der Waals surface area contributed by atoms with E-state index in [1.165, 1.54) is 19.1 Å². The quantitative estimate of drug-likeness (QED) is 0.713. The van der Waals surface area contributed by atoms with Gasteiger partial charge in [0.25, 0.3) is 0 Å². The summed E-state index contributed by atoms with van der Waals surface area (Å²) in [5.74, 6) is -1.09. The van der Waals surface area contributed by atoms with Gasteiger partial charge < -0.3 is 10.2 Å². The minimum atomic E-state index is -0.928. The topological polar surface area (TPSA) is 40.5 Å². The average Bonchev–Trinajstić information content (AvgIpc) is 2.00. The molecule has 1 aromatic rings. The van der Waals surface area contributed by atoms with Crippen molar-refractivity contribution in [2.75, 3.05) is 0 Å². The molecule has 0 aliphatic rings. The molecule has 0 radical (unpaired) electrons. The van der Waals surface area contributed by atoms with Crippen LogP contribution in [-0.2, 0) is 0 Å². The van der Waals surface area contributed by atoms with Gasteiger partial charge in [-0.05, 0) is 19.1 Å². The molecule has 0 saturated carbocycles. The first-order chi connectivity index (χ1) is 5.54. The smallest absolute Gasteiger partial charge is 0.151 e. The van der Waals surface area contributed by atoms with E-state index >= 15 is 0 Å². The van der Waals surface area contributed by atoms with E-state index in [0.29, 0.717) is 0 Å². The second kappa shape index (κ2) is 3.29. The summed E-state index contributed by atoms with van der Waals surface area (Å²) < 4.78 is 13.1. The fourth-order valence-corrected chi connectivity index (χ4v) is 1.05. The van der Waals surface area contributed by atoms with E-state index in [1.54, 1.807) is 0 Å². The molecule has 0 bridgehead atoms. The largest absolute Gasteiger partial charge is 0.506 e. The molecule has 4 heteroatoms. The lowest BCUT2D eigenvalue weighted by Crippen LogP contribution is -1.95. The Hall–Kier alpha value is -0.800. The van der Waals surface area contributed by atoms with Crippen LogP contribution in [0, 0.1) is 5.82 Å². The number of halogens is 2. The van der Waals surface area contributed by atoms with Crippen molar-refractivity contribution >= 4 is 11.6 Å². The summed E-state index contributed by atoms with van der Waals surface area (Å²) in [6.45, 7) is 1.42. The molecule has 0 aliphatic heterocycles. The number of benzene rings is 1. The number of phenols is 1. The third-order valence-electron chi connectivity index (χ3n) is 1.54. The van der Waals surface area contributed by atoms with Gasteiger partial charge in [0.1, 0.15) is 10.8 Å². The van der Waals surface area contributed by atoms with E-state index in [9.17, 15) is 4.39 Å². The van der Waals surface area contributed by atoms with Crippen molar-refractivity contribution in [3.8, 4) is 5.75 Å². The summed E-state index contributed by atoms with van der Waals surface area (Å²) in [6.07, 6.45) is -0.928. The fourth-order valence-electron chi connectivity index (χ4n) is 0.877. The van der Waals surface area contributed by atoms with Crippen LogP contribution in [0.1, 0.15) is 18.6 Å². The summed E-state index contributed by atoms with van der Waals surface area (Å²) in [7, 11) is 0. The molecule has 1 atom stereocenters. The zero-order chi connectivity index (χ0) is 9.30. The molecule has 12 heavy (non-hydrogen) atoms. The zero-order valence-corrected chi connectivity index (χ0v) is 7.14. The van der Waals surface area contributed by atoms with Gasteiger partial charge >= 0.3 is 0 Å². The monoisotopic (exact) mass is 190 g/mol. The van der Waals surface area contributed by atoms with E-state index in [1.807, 2.05) is 0 Å². The summed E-state index contributed by atoms with van der Waals surface area (Å²) in [4.78, 5) is 0. The minimum absolute atomic E-state index is 0.0813. The van der Waals surface area contributed by atoms with E-state index in [4.69, 9.17) is 21.8 Å². The second-order valence-corrected chi connectivity index (χ2v) is 2.86. The number of hydrogen-bond donors (Lipinski definition) is 2. The highest BCUT2D eigenvalue weighted by molar-refractivity contribution is 6.32. The second-order valence-electron chi connectivity index (χ2n) is 2.48. The molecule has 1 unspecified atom stereocenters. The molecular formula is C8H8ClFO2. The number of hydrogen-bond acceptors (Lipinski definition) is 2. The standard InChI is InChI=1S/C8H8ClFO2/c1-4(11)5-2-3-6(12)7(9)8(5)10/h2-4,11-12H,1H3. The van der Waals surface area contributed by atoms with Crippen molar-refractivity contribution in [3.63, 3.8) is 0 Å². The molecule has 1 aromatic carbocycles. The third-order valence-corrected chi connectivity index (χ3v) is 1.90. The van der Waals surface area contributed by atoms with Gasteiger partial charge in [0.05, 0.1) is 6.10 Å². The lowest BCUT2D eigenvalue weighted by atomic mass is 10.1. The predicted octanol–water partition coefficient (Wildman–Crippen LogP) is 2.24. The van der Waals surface area contributed by atoms with Gasteiger partial charge in [-0.3, -0.25) is 0 Å². The number of aliphatic hydroxyl groups is 1. The van der Waals surface area contributed by atoms with Gasteiger partial charge in [-0.2, -0.15) is 0 Å². The Labute approximate surface area is 74.2 Å². The van der Waals surface area contributed by atoms with Gasteiger partial charge in [0.2, 0.25) is 0 Å².